The molecular weight excluding hydrogens is 445 g/mol. The highest BCUT2D eigenvalue weighted by molar-refractivity contribution is 7.92. The predicted molar refractivity (Wildman–Crippen MR) is 109 cm³/mol. The summed E-state index contributed by atoms with van der Waals surface area (Å²) in [5.74, 6) is -2.05. The standard InChI is InChI=1S/C19H14FN5O6S/c20-10-1-3-11(4-2-10)24-32(30,31)12-5-6-15-13(7-12)14(8-16(26)21-15)18(28)23-25-9-17(27)22-19(25)29/h1-8,24H,9H2,(H,21,26)(H,23,28)(H,22,27,29). The summed E-state index contributed by atoms with van der Waals surface area (Å²) >= 11 is 0. The minimum atomic E-state index is -4.12. The zero-order valence-corrected chi connectivity index (χ0v) is 16.8. The summed E-state index contributed by atoms with van der Waals surface area (Å²) in [5.41, 5.74) is 1.65. The maximum atomic E-state index is 13.1. The van der Waals surface area contributed by atoms with E-state index in [1.54, 1.807) is 0 Å². The van der Waals surface area contributed by atoms with Gasteiger partial charge in [0.2, 0.25) is 11.5 Å². The van der Waals surface area contributed by atoms with Crippen LogP contribution in [0.3, 0.4) is 0 Å². The second-order valence-corrected chi connectivity index (χ2v) is 8.43. The molecule has 2 heterocycles. The Labute approximate surface area is 179 Å². The van der Waals surface area contributed by atoms with Crippen LogP contribution in [0, 0.1) is 5.82 Å². The number of H-pyrrole nitrogens is 1. The van der Waals surface area contributed by atoms with Crippen LogP contribution in [0.25, 0.3) is 10.9 Å². The fourth-order valence-electron chi connectivity index (χ4n) is 3.03. The number of imide groups is 1. The number of rotatable bonds is 5. The van der Waals surface area contributed by atoms with Crippen molar-refractivity contribution < 1.29 is 27.2 Å². The molecule has 0 spiro atoms. The zero-order valence-electron chi connectivity index (χ0n) is 16.0. The normalized spacial score (nSPS) is 13.8. The number of nitrogens with zero attached hydrogens (tertiary/aromatic N) is 1. The second-order valence-electron chi connectivity index (χ2n) is 6.75. The molecule has 0 bridgehead atoms. The molecule has 0 saturated carbocycles. The lowest BCUT2D eigenvalue weighted by Crippen LogP contribution is -2.44. The van der Waals surface area contributed by atoms with Crippen molar-refractivity contribution in [2.75, 3.05) is 11.3 Å². The molecule has 11 nitrogen and oxygen atoms in total. The van der Waals surface area contributed by atoms with Crippen LogP contribution < -0.4 is 21.0 Å². The van der Waals surface area contributed by atoms with Crippen molar-refractivity contribution in [2.24, 2.45) is 0 Å². The van der Waals surface area contributed by atoms with Crippen molar-refractivity contribution in [1.82, 2.24) is 20.7 Å². The quantitative estimate of drug-likeness (QED) is 0.411. The SMILES string of the molecule is O=C1CN(NC(=O)c2cc(=O)[nH]c3ccc(S(=O)(=O)Nc4ccc(F)cc4)cc23)C(=O)N1. The van der Waals surface area contributed by atoms with Gasteiger partial charge in [-0.25, -0.2) is 22.6 Å². The van der Waals surface area contributed by atoms with Crippen molar-refractivity contribution in [2.45, 2.75) is 4.90 Å². The lowest BCUT2D eigenvalue weighted by molar-refractivity contribution is -0.118. The first-order valence-electron chi connectivity index (χ1n) is 9.00. The van der Waals surface area contributed by atoms with Crippen LogP contribution in [0.2, 0.25) is 0 Å². The van der Waals surface area contributed by atoms with Gasteiger partial charge in [0.25, 0.3) is 15.9 Å². The summed E-state index contributed by atoms with van der Waals surface area (Å²) in [6.45, 7) is -0.410. The molecule has 4 amide bonds. The molecule has 13 heteroatoms. The number of aromatic amines is 1. The van der Waals surface area contributed by atoms with E-state index in [0.29, 0.717) is 0 Å². The average Bonchev–Trinajstić information content (AvgIpc) is 3.05. The molecule has 0 aliphatic carbocycles. The van der Waals surface area contributed by atoms with Gasteiger partial charge in [-0.1, -0.05) is 0 Å². The van der Waals surface area contributed by atoms with Gasteiger partial charge >= 0.3 is 6.03 Å². The van der Waals surface area contributed by atoms with Crippen molar-refractivity contribution in [3.63, 3.8) is 0 Å². The van der Waals surface area contributed by atoms with Crippen LogP contribution in [0.4, 0.5) is 14.9 Å². The van der Waals surface area contributed by atoms with E-state index in [4.69, 9.17) is 0 Å². The Morgan fingerprint density at radius 3 is 2.41 bits per heavy atom. The number of sulfonamides is 1. The zero-order chi connectivity index (χ0) is 23.0. The smallest absolute Gasteiger partial charge is 0.322 e. The van der Waals surface area contributed by atoms with Crippen LogP contribution in [-0.4, -0.2) is 42.8 Å². The Kier molecular flexibility index (Phi) is 5.10. The molecule has 4 rings (SSSR count). The number of anilines is 1. The summed E-state index contributed by atoms with van der Waals surface area (Å²) in [5, 5.41) is 2.79. The largest absolute Gasteiger partial charge is 0.343 e. The Morgan fingerprint density at radius 2 is 1.75 bits per heavy atom. The predicted octanol–water partition coefficient (Wildman–Crippen LogP) is 0.665. The number of hydrogen-bond acceptors (Lipinski definition) is 6. The van der Waals surface area contributed by atoms with E-state index >= 15 is 0 Å². The number of amides is 4. The second kappa shape index (κ2) is 7.77. The number of aromatic nitrogens is 1. The molecular formula is C19H14FN5O6S. The summed E-state index contributed by atoms with van der Waals surface area (Å²) in [6, 6.07) is 8.45. The van der Waals surface area contributed by atoms with Crippen LogP contribution in [-0.2, 0) is 14.8 Å². The van der Waals surface area contributed by atoms with Gasteiger partial charge in [-0.2, -0.15) is 0 Å². The highest BCUT2D eigenvalue weighted by Crippen LogP contribution is 2.22. The minimum absolute atomic E-state index is 0.0787. The summed E-state index contributed by atoms with van der Waals surface area (Å²) in [4.78, 5) is 49.9. The first-order chi connectivity index (χ1) is 15.1. The highest BCUT2D eigenvalue weighted by atomic mass is 32.2. The molecule has 32 heavy (non-hydrogen) atoms. The number of hydrazine groups is 1. The number of pyridine rings is 1. The van der Waals surface area contributed by atoms with Crippen molar-refractivity contribution >= 4 is 44.5 Å². The summed E-state index contributed by atoms with van der Waals surface area (Å²) < 4.78 is 40.9. The highest BCUT2D eigenvalue weighted by Gasteiger charge is 2.29. The number of carbonyl (C=O) groups is 3. The maximum Gasteiger partial charge on any atom is 0.343 e. The van der Waals surface area contributed by atoms with E-state index in [1.165, 1.54) is 30.3 Å². The van der Waals surface area contributed by atoms with Crippen molar-refractivity contribution in [3.8, 4) is 0 Å². The molecule has 1 aliphatic heterocycles. The van der Waals surface area contributed by atoms with Crippen LogP contribution in [0.15, 0.2) is 58.2 Å². The number of benzene rings is 2. The van der Waals surface area contributed by atoms with Gasteiger partial charge in [0, 0.05) is 22.7 Å². The van der Waals surface area contributed by atoms with E-state index in [0.717, 1.165) is 23.2 Å². The number of halogens is 1. The van der Waals surface area contributed by atoms with E-state index in [-0.39, 0.29) is 27.0 Å². The lowest BCUT2D eigenvalue weighted by Gasteiger charge is -2.15. The first-order valence-corrected chi connectivity index (χ1v) is 10.5. The minimum Gasteiger partial charge on any atom is -0.322 e. The van der Waals surface area contributed by atoms with E-state index in [9.17, 15) is 32.0 Å². The maximum absolute atomic E-state index is 13.1. The van der Waals surface area contributed by atoms with Gasteiger partial charge in [0.15, 0.2) is 0 Å². The van der Waals surface area contributed by atoms with Gasteiger partial charge in [-0.05, 0) is 42.5 Å². The van der Waals surface area contributed by atoms with Crippen LogP contribution in [0.5, 0.6) is 0 Å². The topological polar surface area (TPSA) is 158 Å². The molecule has 1 aliphatic rings. The van der Waals surface area contributed by atoms with Crippen LogP contribution >= 0.6 is 0 Å². The van der Waals surface area contributed by atoms with E-state index < -0.39 is 45.8 Å². The van der Waals surface area contributed by atoms with Crippen LogP contribution in [0.1, 0.15) is 10.4 Å². The molecule has 0 radical (unpaired) electrons. The van der Waals surface area contributed by atoms with Crippen molar-refractivity contribution in [1.29, 1.82) is 0 Å². The fourth-order valence-corrected chi connectivity index (χ4v) is 4.12. The number of urea groups is 1. The Morgan fingerprint density at radius 1 is 1.03 bits per heavy atom. The molecule has 2 aromatic carbocycles. The Balaban J connectivity index is 1.71. The van der Waals surface area contributed by atoms with Gasteiger partial charge in [0.1, 0.15) is 12.4 Å². The number of fused-ring (bicyclic) bond motifs is 1. The van der Waals surface area contributed by atoms with E-state index in [2.05, 4.69) is 15.1 Å². The molecule has 1 saturated heterocycles. The molecule has 0 unspecified atom stereocenters. The third-order valence-electron chi connectivity index (χ3n) is 4.50. The van der Waals surface area contributed by atoms with Gasteiger partial charge in [-0.15, -0.1) is 0 Å². The summed E-state index contributed by atoms with van der Waals surface area (Å²) in [7, 11) is -4.12. The third kappa shape index (κ3) is 4.13. The fraction of sp³-hybridized carbons (Fsp3) is 0.0526. The van der Waals surface area contributed by atoms with E-state index in [1.807, 2.05) is 5.32 Å². The molecule has 1 fully saturated rings. The molecule has 164 valence electrons. The number of nitrogens with one attached hydrogen (secondary N) is 4. The molecule has 1 aromatic heterocycles. The Bertz CT molecular complexity index is 1430. The van der Waals surface area contributed by atoms with Gasteiger partial charge in [0.05, 0.1) is 10.5 Å². The first kappa shape index (κ1) is 21.0. The number of hydrogen-bond donors (Lipinski definition) is 4. The van der Waals surface area contributed by atoms with Crippen molar-refractivity contribution in [3.05, 3.63) is 70.3 Å². The third-order valence-corrected chi connectivity index (χ3v) is 5.87. The molecule has 0 atom stereocenters. The summed E-state index contributed by atoms with van der Waals surface area (Å²) in [6.07, 6.45) is 0. The average molecular weight is 459 g/mol. The van der Waals surface area contributed by atoms with Gasteiger partial charge in [-0.3, -0.25) is 29.8 Å². The monoisotopic (exact) mass is 459 g/mol. The van der Waals surface area contributed by atoms with Gasteiger partial charge < -0.3 is 4.98 Å². The molecule has 4 N–H and O–H groups in total. The lowest BCUT2D eigenvalue weighted by atomic mass is 10.1. The number of carbonyl (C=O) groups excluding carboxylic acids is 3. The Hall–Kier alpha value is -4.26. The molecule has 3 aromatic rings.